The molecule has 1 amide bonds. The molecule has 2 atom stereocenters. The highest BCUT2D eigenvalue weighted by molar-refractivity contribution is 6.36. The van der Waals surface area contributed by atoms with Gasteiger partial charge in [-0.2, -0.15) is 10.4 Å². The van der Waals surface area contributed by atoms with Crippen LogP contribution in [-0.4, -0.2) is 68.1 Å². The molecule has 3 aromatic carbocycles. The average molecular weight is 918 g/mol. The molecule has 0 aliphatic carbocycles. The molecule has 7 rings (SSSR count). The van der Waals surface area contributed by atoms with Gasteiger partial charge in [-0.3, -0.25) is 29.6 Å². The maximum Gasteiger partial charge on any atom is 0.326 e. The maximum absolute atomic E-state index is 13.4. The molecule has 1 aliphatic rings. The van der Waals surface area contributed by atoms with Crippen LogP contribution < -0.4 is 20.7 Å². The van der Waals surface area contributed by atoms with E-state index < -0.39 is 23.2 Å². The zero-order valence-electron chi connectivity index (χ0n) is 37.5. The van der Waals surface area contributed by atoms with E-state index in [2.05, 4.69) is 27.0 Å². The molecule has 13 nitrogen and oxygen atoms in total. The van der Waals surface area contributed by atoms with Crippen LogP contribution in [0.25, 0.3) is 33.3 Å². The summed E-state index contributed by atoms with van der Waals surface area (Å²) in [6, 6.07) is 22.9. The highest BCUT2D eigenvalue weighted by atomic mass is 35.5. The Morgan fingerprint density at radius 2 is 1.71 bits per heavy atom. The fourth-order valence-electron chi connectivity index (χ4n) is 7.44. The van der Waals surface area contributed by atoms with E-state index in [0.29, 0.717) is 58.5 Å². The van der Waals surface area contributed by atoms with E-state index in [9.17, 15) is 14.9 Å². The Morgan fingerprint density at radius 3 is 2.43 bits per heavy atom. The second kappa shape index (κ2) is 20.5. The van der Waals surface area contributed by atoms with Gasteiger partial charge in [-0.1, -0.05) is 59.6 Å². The van der Waals surface area contributed by atoms with Gasteiger partial charge in [0, 0.05) is 83.4 Å². The van der Waals surface area contributed by atoms with Crippen LogP contribution in [0.15, 0.2) is 91.5 Å². The van der Waals surface area contributed by atoms with E-state index >= 15 is 0 Å². The molecule has 3 N–H and O–H groups in total. The number of hydrogen-bond acceptors (Lipinski definition) is 11. The van der Waals surface area contributed by atoms with Crippen molar-refractivity contribution in [2.75, 3.05) is 13.2 Å². The van der Waals surface area contributed by atoms with Crippen molar-refractivity contribution in [2.45, 2.75) is 104 Å². The van der Waals surface area contributed by atoms with Gasteiger partial charge in [0.1, 0.15) is 30.1 Å². The Morgan fingerprint density at radius 1 is 0.923 bits per heavy atom. The van der Waals surface area contributed by atoms with Gasteiger partial charge in [-0.05, 0) is 95.0 Å². The predicted molar refractivity (Wildman–Crippen MR) is 252 cm³/mol. The molecule has 6 aromatic rings. The van der Waals surface area contributed by atoms with Gasteiger partial charge >= 0.3 is 5.97 Å². The molecule has 1 fully saturated rings. The summed E-state index contributed by atoms with van der Waals surface area (Å²) >= 11 is 14.3. The lowest BCUT2D eigenvalue weighted by Crippen LogP contribution is -2.45. The second-order valence-electron chi connectivity index (χ2n) is 18.1. The summed E-state index contributed by atoms with van der Waals surface area (Å²) < 4.78 is 20.1. The molecule has 0 unspecified atom stereocenters. The minimum Gasteiger partial charge on any atom is -0.489 e. The molecule has 3 aromatic heterocycles. The molecule has 338 valence electrons. The van der Waals surface area contributed by atoms with Crippen LogP contribution in [0.4, 0.5) is 0 Å². The number of rotatable bonds is 17. The first-order chi connectivity index (χ1) is 31.0. The van der Waals surface area contributed by atoms with Crippen LogP contribution in [0.2, 0.25) is 10.0 Å². The van der Waals surface area contributed by atoms with Gasteiger partial charge < -0.3 is 24.8 Å². The Kier molecular flexibility index (Phi) is 14.9. The number of pyridine rings is 2. The standard InChI is InChI=1S/C50H54Cl2N8O5/c1-49(2,3)64-30-43(48(62)65-50(4,5)6)57-25-34-18-41(51)35(19-45(34)63-29-33-17-32(20-53)22-54-23-33)28-60-44-12-8-9-37(40(44)27-58-60)38-10-7-11-39(47(38)52)42-15-13-31(24-56-42)21-55-26-36-14-16-46(61)59-36/h7-13,15,17-19,22-24,27,36,43,55,57H,14,16,21,25-26,28-30H2,1-6H3,(H,59,61)/t36-,43-/m0/s1. The quantitative estimate of drug-likeness (QED) is 0.0748. The number of hydrogen-bond donors (Lipinski definition) is 3. The van der Waals surface area contributed by atoms with Gasteiger partial charge in [0.2, 0.25) is 5.91 Å². The number of amides is 1. The summed E-state index contributed by atoms with van der Waals surface area (Å²) in [6.07, 6.45) is 8.26. The summed E-state index contributed by atoms with van der Waals surface area (Å²) in [5.41, 5.74) is 6.64. The first kappa shape index (κ1) is 47.1. The predicted octanol–water partition coefficient (Wildman–Crippen LogP) is 8.95. The molecule has 1 saturated heterocycles. The van der Waals surface area contributed by atoms with Gasteiger partial charge in [0.05, 0.1) is 46.7 Å². The molecule has 0 bridgehead atoms. The van der Waals surface area contributed by atoms with Crippen molar-refractivity contribution in [2.24, 2.45) is 0 Å². The molecule has 0 spiro atoms. The Labute approximate surface area is 389 Å². The molecule has 15 heteroatoms. The van der Waals surface area contributed by atoms with Crippen molar-refractivity contribution in [1.82, 2.24) is 35.7 Å². The Balaban J connectivity index is 1.13. The topological polar surface area (TPSA) is 165 Å². The number of aromatic nitrogens is 4. The van der Waals surface area contributed by atoms with Crippen LogP contribution in [0.1, 0.15) is 82.2 Å². The number of nitriles is 1. The third kappa shape index (κ3) is 12.5. The van der Waals surface area contributed by atoms with Crippen molar-refractivity contribution in [3.05, 3.63) is 129 Å². The minimum absolute atomic E-state index is 0.0869. The van der Waals surface area contributed by atoms with Crippen molar-refractivity contribution >= 4 is 46.0 Å². The number of nitrogens with zero attached hydrogens (tertiary/aromatic N) is 5. The number of ether oxygens (including phenoxy) is 3. The van der Waals surface area contributed by atoms with E-state index in [1.165, 1.54) is 6.20 Å². The molecule has 0 saturated carbocycles. The molecule has 4 heterocycles. The van der Waals surface area contributed by atoms with Crippen molar-refractivity contribution in [3.8, 4) is 34.2 Å². The van der Waals surface area contributed by atoms with Gasteiger partial charge in [0.25, 0.3) is 0 Å². The summed E-state index contributed by atoms with van der Waals surface area (Å²) in [5.74, 6) is 0.195. The monoisotopic (exact) mass is 916 g/mol. The molecule has 65 heavy (non-hydrogen) atoms. The van der Waals surface area contributed by atoms with Gasteiger partial charge in [0.15, 0.2) is 0 Å². The minimum atomic E-state index is -0.779. The lowest BCUT2D eigenvalue weighted by Gasteiger charge is -2.27. The van der Waals surface area contributed by atoms with Crippen LogP contribution in [0.5, 0.6) is 5.75 Å². The largest absolute Gasteiger partial charge is 0.489 e. The third-order valence-electron chi connectivity index (χ3n) is 10.7. The highest BCUT2D eigenvalue weighted by Gasteiger charge is 2.28. The summed E-state index contributed by atoms with van der Waals surface area (Å²) in [6.45, 7) is 13.3. The summed E-state index contributed by atoms with van der Waals surface area (Å²) in [4.78, 5) is 33.9. The molecule has 0 radical (unpaired) electrons. The second-order valence-corrected chi connectivity index (χ2v) is 18.9. The van der Waals surface area contributed by atoms with E-state index in [1.807, 2.05) is 119 Å². The van der Waals surface area contributed by atoms with Crippen molar-refractivity contribution in [3.63, 3.8) is 0 Å². The number of esters is 1. The van der Waals surface area contributed by atoms with Gasteiger partial charge in [-0.15, -0.1) is 0 Å². The number of carbonyl (C=O) groups excluding carboxylic acids is 2. The Hall–Kier alpha value is -5.88. The summed E-state index contributed by atoms with van der Waals surface area (Å²) in [7, 11) is 0. The van der Waals surface area contributed by atoms with E-state index in [0.717, 1.165) is 50.8 Å². The SMILES string of the molecule is CC(C)(C)OC[C@H](NCc1cc(Cl)c(Cn2ncc3c(-c4cccc(-c5ccc(CNC[C@@H]6CCC(=O)N6)cn5)c4Cl)cccc32)cc1OCc1cncc(C#N)c1)C(=O)OC(C)(C)C. The van der Waals surface area contributed by atoms with Gasteiger partial charge in [-0.25, -0.2) is 0 Å². The number of carbonyl (C=O) groups is 2. The van der Waals surface area contributed by atoms with E-state index in [-0.39, 0.29) is 31.7 Å². The first-order valence-electron chi connectivity index (χ1n) is 21.6. The van der Waals surface area contributed by atoms with E-state index in [4.69, 9.17) is 47.5 Å². The van der Waals surface area contributed by atoms with Crippen molar-refractivity contribution in [1.29, 1.82) is 5.26 Å². The maximum atomic E-state index is 13.4. The Bertz CT molecular complexity index is 2700. The molecular formula is C50H54Cl2N8O5. The zero-order valence-corrected chi connectivity index (χ0v) is 39.0. The normalized spacial score (nSPS) is 14.6. The number of benzene rings is 3. The van der Waals surface area contributed by atoms with Crippen LogP contribution >= 0.6 is 23.2 Å². The number of halogens is 2. The lowest BCUT2D eigenvalue weighted by molar-refractivity contribution is -0.160. The smallest absolute Gasteiger partial charge is 0.326 e. The van der Waals surface area contributed by atoms with Crippen LogP contribution in [0, 0.1) is 11.3 Å². The molecule has 1 aliphatic heterocycles. The average Bonchev–Trinajstić information content (AvgIpc) is 3.88. The fourth-order valence-corrected chi connectivity index (χ4v) is 8.01. The zero-order chi connectivity index (χ0) is 46.3. The third-order valence-corrected chi connectivity index (χ3v) is 11.4. The van der Waals surface area contributed by atoms with Crippen LogP contribution in [0.3, 0.4) is 0 Å². The van der Waals surface area contributed by atoms with Crippen LogP contribution in [-0.2, 0) is 45.3 Å². The van der Waals surface area contributed by atoms with E-state index in [1.54, 1.807) is 12.3 Å². The molecular weight excluding hydrogens is 864 g/mol. The highest BCUT2D eigenvalue weighted by Crippen LogP contribution is 2.39. The number of fused-ring (bicyclic) bond motifs is 1. The van der Waals surface area contributed by atoms with Crippen molar-refractivity contribution < 1.29 is 23.8 Å². The lowest BCUT2D eigenvalue weighted by atomic mass is 9.98. The first-order valence-corrected chi connectivity index (χ1v) is 22.4. The fraction of sp³-hybridized carbons (Fsp3) is 0.360. The summed E-state index contributed by atoms with van der Waals surface area (Å²) in [5, 5.41) is 26.0. The number of nitrogens with one attached hydrogen (secondary N) is 3.